The minimum absolute atomic E-state index is 0.312. The van der Waals surface area contributed by atoms with Gasteiger partial charge in [-0.3, -0.25) is 14.7 Å². The van der Waals surface area contributed by atoms with E-state index >= 15 is 0 Å². The summed E-state index contributed by atoms with van der Waals surface area (Å²) >= 11 is 1.11. The predicted octanol–water partition coefficient (Wildman–Crippen LogP) is 2.81. The minimum atomic E-state index is -0.921. The smallest absolute Gasteiger partial charge is 0.318 e. The van der Waals surface area contributed by atoms with E-state index in [-0.39, 0.29) is 0 Å². The number of primary amides is 1. The summed E-state index contributed by atoms with van der Waals surface area (Å²) in [5, 5.41) is 10.1. The summed E-state index contributed by atoms with van der Waals surface area (Å²) in [5.41, 5.74) is 6.28. The minimum Gasteiger partial charge on any atom is -0.351 e. The van der Waals surface area contributed by atoms with E-state index in [1.165, 1.54) is 6.07 Å². The van der Waals surface area contributed by atoms with Crippen LogP contribution in [0.4, 0.5) is 9.18 Å². The van der Waals surface area contributed by atoms with Crippen molar-refractivity contribution in [3.05, 3.63) is 66.0 Å². The third kappa shape index (κ3) is 4.55. The molecule has 0 spiro atoms. The molecule has 144 valence electrons. The molecule has 3 aromatic rings. The van der Waals surface area contributed by atoms with Crippen molar-refractivity contribution in [2.75, 3.05) is 0 Å². The molecule has 0 bridgehead atoms. The number of urea groups is 1. The van der Waals surface area contributed by atoms with Crippen molar-refractivity contribution in [2.45, 2.75) is 23.9 Å². The first kappa shape index (κ1) is 19.6. The van der Waals surface area contributed by atoms with Gasteiger partial charge in [-0.05, 0) is 24.6 Å². The molecule has 1 heterocycles. The molecule has 0 aliphatic carbocycles. The van der Waals surface area contributed by atoms with Crippen molar-refractivity contribution >= 4 is 23.7 Å². The van der Waals surface area contributed by atoms with Crippen LogP contribution < -0.4 is 11.1 Å². The molecule has 1 atom stereocenters. The lowest BCUT2D eigenvalue weighted by molar-refractivity contribution is -0.119. The molecule has 0 aliphatic rings. The molecule has 3 N–H and O–H groups in total. The van der Waals surface area contributed by atoms with Crippen LogP contribution in [0, 0.1) is 5.82 Å². The Hall–Kier alpha value is -3.20. The Morgan fingerprint density at radius 1 is 1.14 bits per heavy atom. The van der Waals surface area contributed by atoms with Crippen LogP contribution in [0.2, 0.25) is 0 Å². The molecule has 0 unspecified atom stereocenters. The zero-order valence-corrected chi connectivity index (χ0v) is 15.8. The molecular weight excluding hydrogens is 381 g/mol. The lowest BCUT2D eigenvalue weighted by Crippen LogP contribution is -2.39. The number of nitrogens with zero attached hydrogens (tertiary/aromatic N) is 3. The first-order chi connectivity index (χ1) is 13.5. The molecule has 1 aromatic heterocycles. The fraction of sp³-hybridized carbons (Fsp3) is 0.158. The lowest BCUT2D eigenvalue weighted by Gasteiger charge is -2.13. The van der Waals surface area contributed by atoms with Crippen LogP contribution in [-0.2, 0) is 11.3 Å². The van der Waals surface area contributed by atoms with Gasteiger partial charge in [0.25, 0.3) is 0 Å². The van der Waals surface area contributed by atoms with Gasteiger partial charge in [0.1, 0.15) is 5.82 Å². The van der Waals surface area contributed by atoms with Gasteiger partial charge in [-0.1, -0.05) is 54.2 Å². The van der Waals surface area contributed by atoms with Gasteiger partial charge in [0.2, 0.25) is 5.91 Å². The maximum Gasteiger partial charge on any atom is 0.318 e. The van der Waals surface area contributed by atoms with E-state index in [1.807, 2.05) is 35.6 Å². The highest BCUT2D eigenvalue weighted by atomic mass is 32.2. The van der Waals surface area contributed by atoms with Crippen LogP contribution in [0.3, 0.4) is 0 Å². The number of benzene rings is 2. The van der Waals surface area contributed by atoms with Gasteiger partial charge in [0, 0.05) is 0 Å². The fourth-order valence-corrected chi connectivity index (χ4v) is 3.41. The molecule has 2 aromatic carbocycles. The van der Waals surface area contributed by atoms with Crippen molar-refractivity contribution in [2.24, 2.45) is 5.73 Å². The number of hydrogen-bond acceptors (Lipinski definition) is 5. The number of rotatable bonds is 6. The second kappa shape index (κ2) is 8.66. The largest absolute Gasteiger partial charge is 0.351 e. The third-order valence-corrected chi connectivity index (χ3v) is 4.99. The number of carbonyl (C=O) groups excluding carboxylic acids is 2. The van der Waals surface area contributed by atoms with E-state index in [0.717, 1.165) is 17.3 Å². The van der Waals surface area contributed by atoms with Gasteiger partial charge < -0.3 is 5.73 Å². The quantitative estimate of drug-likeness (QED) is 0.621. The first-order valence-corrected chi connectivity index (χ1v) is 9.32. The van der Waals surface area contributed by atoms with Crippen LogP contribution in [0.25, 0.3) is 11.4 Å². The highest BCUT2D eigenvalue weighted by molar-refractivity contribution is 8.00. The summed E-state index contributed by atoms with van der Waals surface area (Å²) in [6.45, 7) is 2.01. The number of carbonyl (C=O) groups is 2. The van der Waals surface area contributed by atoms with Crippen LogP contribution in [0.1, 0.15) is 12.5 Å². The Morgan fingerprint density at radius 3 is 2.50 bits per heavy atom. The molecule has 3 amide bonds. The third-order valence-electron chi connectivity index (χ3n) is 3.91. The van der Waals surface area contributed by atoms with E-state index in [4.69, 9.17) is 5.73 Å². The Bertz CT molecular complexity index is 993. The number of thioether (sulfide) groups is 1. The molecule has 28 heavy (non-hydrogen) atoms. The van der Waals surface area contributed by atoms with E-state index in [9.17, 15) is 14.0 Å². The van der Waals surface area contributed by atoms with E-state index in [1.54, 1.807) is 29.7 Å². The molecule has 3 rings (SSSR count). The van der Waals surface area contributed by atoms with Gasteiger partial charge in [-0.25, -0.2) is 9.18 Å². The number of amides is 3. The number of nitrogens with two attached hydrogens (primary N) is 1. The summed E-state index contributed by atoms with van der Waals surface area (Å²) in [4.78, 5) is 22.9. The summed E-state index contributed by atoms with van der Waals surface area (Å²) < 4.78 is 16.1. The van der Waals surface area contributed by atoms with Crippen molar-refractivity contribution in [3.8, 4) is 11.4 Å². The predicted molar refractivity (Wildman–Crippen MR) is 104 cm³/mol. The van der Waals surface area contributed by atoms with Crippen molar-refractivity contribution in [1.29, 1.82) is 0 Å². The van der Waals surface area contributed by atoms with E-state index in [2.05, 4.69) is 10.2 Å². The molecule has 0 saturated heterocycles. The van der Waals surface area contributed by atoms with Crippen LogP contribution >= 0.6 is 11.8 Å². The van der Waals surface area contributed by atoms with Gasteiger partial charge in [-0.2, -0.15) is 0 Å². The molecule has 9 heteroatoms. The number of halogens is 1. The highest BCUT2D eigenvalue weighted by Crippen LogP contribution is 2.29. The molecule has 0 radical (unpaired) electrons. The molecular formula is C19H18FN5O2S. The topological polar surface area (TPSA) is 103 Å². The molecule has 0 saturated carbocycles. The van der Waals surface area contributed by atoms with E-state index < -0.39 is 23.0 Å². The van der Waals surface area contributed by atoms with Crippen molar-refractivity contribution < 1.29 is 14.0 Å². The average molecular weight is 399 g/mol. The maximum atomic E-state index is 14.3. The second-order valence-electron chi connectivity index (χ2n) is 5.97. The van der Waals surface area contributed by atoms with Crippen LogP contribution in [0.5, 0.6) is 0 Å². The Kier molecular flexibility index (Phi) is 6.05. The summed E-state index contributed by atoms with van der Waals surface area (Å²) in [7, 11) is 0. The average Bonchev–Trinajstić information content (AvgIpc) is 3.04. The normalized spacial score (nSPS) is 11.8. The van der Waals surface area contributed by atoms with Crippen molar-refractivity contribution in [1.82, 2.24) is 20.1 Å². The lowest BCUT2D eigenvalue weighted by atomic mass is 10.2. The Labute approximate surface area is 165 Å². The number of aromatic nitrogens is 3. The molecule has 0 fully saturated rings. The van der Waals surface area contributed by atoms with Gasteiger partial charge in [0.15, 0.2) is 11.0 Å². The number of imide groups is 1. The second-order valence-corrected chi connectivity index (χ2v) is 7.28. The Morgan fingerprint density at radius 2 is 1.82 bits per heavy atom. The SMILES string of the molecule is C[C@H](Sc1nnc(-c2ccccc2F)n1Cc1ccccc1)C(=O)NC(N)=O. The van der Waals surface area contributed by atoms with Crippen LogP contribution in [-0.4, -0.2) is 32.0 Å². The summed E-state index contributed by atoms with van der Waals surface area (Å²) in [5.74, 6) is -0.605. The Balaban J connectivity index is 1.97. The van der Waals surface area contributed by atoms with Crippen molar-refractivity contribution in [3.63, 3.8) is 0 Å². The number of hydrogen-bond donors (Lipinski definition) is 2. The summed E-state index contributed by atoms with van der Waals surface area (Å²) in [6.07, 6.45) is 0. The zero-order chi connectivity index (χ0) is 20.1. The highest BCUT2D eigenvalue weighted by Gasteiger charge is 2.22. The molecule has 0 aliphatic heterocycles. The monoisotopic (exact) mass is 399 g/mol. The van der Waals surface area contributed by atoms with Gasteiger partial charge >= 0.3 is 6.03 Å². The first-order valence-electron chi connectivity index (χ1n) is 8.44. The van der Waals surface area contributed by atoms with E-state index in [0.29, 0.717) is 23.1 Å². The standard InChI is InChI=1S/C19H18FN5O2S/c1-12(17(26)22-18(21)27)28-19-24-23-16(14-9-5-6-10-15(14)20)25(19)11-13-7-3-2-4-8-13/h2-10,12H,11H2,1H3,(H3,21,22,26,27)/t12-/m0/s1. The van der Waals surface area contributed by atoms with Crippen LogP contribution in [0.15, 0.2) is 59.8 Å². The maximum absolute atomic E-state index is 14.3. The van der Waals surface area contributed by atoms with Gasteiger partial charge in [0.05, 0.1) is 17.4 Å². The van der Waals surface area contributed by atoms with Gasteiger partial charge in [-0.15, -0.1) is 10.2 Å². The number of nitrogens with one attached hydrogen (secondary N) is 1. The zero-order valence-electron chi connectivity index (χ0n) is 15.0. The fourth-order valence-electron chi connectivity index (χ4n) is 2.56. The molecule has 7 nitrogen and oxygen atoms in total. The summed E-state index contributed by atoms with van der Waals surface area (Å²) in [6, 6.07) is 14.9.